The highest BCUT2D eigenvalue weighted by atomic mass is 32.2. The third-order valence-electron chi connectivity index (χ3n) is 3.59. The van der Waals surface area contributed by atoms with E-state index < -0.39 is 9.84 Å². The highest BCUT2D eigenvalue weighted by Crippen LogP contribution is 2.15. The van der Waals surface area contributed by atoms with Crippen molar-refractivity contribution >= 4 is 15.6 Å². The second-order valence-corrected chi connectivity index (χ2v) is 7.61. The zero-order valence-electron chi connectivity index (χ0n) is 13.1. The first-order valence-electron chi connectivity index (χ1n) is 7.78. The number of carbonyl (C=O) groups is 1. The summed E-state index contributed by atoms with van der Waals surface area (Å²) in [5, 5.41) is 0. The van der Waals surface area contributed by atoms with Crippen molar-refractivity contribution in [1.82, 2.24) is 0 Å². The van der Waals surface area contributed by atoms with Gasteiger partial charge in [-0.2, -0.15) is 0 Å². The van der Waals surface area contributed by atoms with Crippen molar-refractivity contribution in [3.05, 3.63) is 29.8 Å². The maximum atomic E-state index is 12.1. The Labute approximate surface area is 128 Å². The standard InChI is InChI=1S/C17H26O3S/c1-3-4-5-6-7-8-9-13-17(18)15-11-10-12-16(14-15)21(2,19)20/h10-12,14H,3-9,13H2,1-2H3. The molecular weight excluding hydrogens is 284 g/mol. The van der Waals surface area contributed by atoms with Gasteiger partial charge in [0.25, 0.3) is 0 Å². The molecule has 0 aliphatic rings. The first-order valence-corrected chi connectivity index (χ1v) is 9.67. The van der Waals surface area contributed by atoms with E-state index in [1.165, 1.54) is 44.2 Å². The molecule has 0 fully saturated rings. The van der Waals surface area contributed by atoms with Crippen LogP contribution in [0.1, 0.15) is 68.6 Å². The number of hydrogen-bond acceptors (Lipinski definition) is 3. The fourth-order valence-electron chi connectivity index (χ4n) is 2.29. The Bertz CT molecular complexity index is 547. The lowest BCUT2D eigenvalue weighted by atomic mass is 10.0. The summed E-state index contributed by atoms with van der Waals surface area (Å²) in [6, 6.07) is 6.34. The van der Waals surface area contributed by atoms with Crippen LogP contribution in [0.25, 0.3) is 0 Å². The van der Waals surface area contributed by atoms with Gasteiger partial charge in [-0.1, -0.05) is 57.6 Å². The molecule has 0 amide bonds. The fourth-order valence-corrected chi connectivity index (χ4v) is 2.95. The van der Waals surface area contributed by atoms with Gasteiger partial charge in [0.2, 0.25) is 0 Å². The molecule has 0 saturated heterocycles. The average molecular weight is 310 g/mol. The van der Waals surface area contributed by atoms with Crippen LogP contribution in [0.15, 0.2) is 29.2 Å². The lowest BCUT2D eigenvalue weighted by molar-refractivity contribution is 0.0979. The number of hydrogen-bond donors (Lipinski definition) is 0. The Hall–Kier alpha value is -1.16. The predicted molar refractivity (Wildman–Crippen MR) is 86.5 cm³/mol. The summed E-state index contributed by atoms with van der Waals surface area (Å²) in [7, 11) is -3.25. The molecule has 0 radical (unpaired) electrons. The molecule has 0 saturated carbocycles. The van der Waals surface area contributed by atoms with E-state index in [9.17, 15) is 13.2 Å². The third kappa shape index (κ3) is 6.89. The van der Waals surface area contributed by atoms with Crippen molar-refractivity contribution in [1.29, 1.82) is 0 Å². The number of benzene rings is 1. The average Bonchev–Trinajstić information content (AvgIpc) is 2.45. The minimum atomic E-state index is -3.25. The second-order valence-electron chi connectivity index (χ2n) is 5.59. The topological polar surface area (TPSA) is 51.2 Å². The number of carbonyl (C=O) groups excluding carboxylic acids is 1. The van der Waals surface area contributed by atoms with Crippen molar-refractivity contribution in [3.63, 3.8) is 0 Å². The lowest BCUT2D eigenvalue weighted by Crippen LogP contribution is -2.03. The molecular formula is C17H26O3S. The normalized spacial score (nSPS) is 11.5. The molecule has 0 aromatic heterocycles. The Morgan fingerprint density at radius 1 is 1.00 bits per heavy atom. The first-order chi connectivity index (χ1) is 9.95. The van der Waals surface area contributed by atoms with Crippen LogP contribution in [0, 0.1) is 0 Å². The number of ketones is 1. The lowest BCUT2D eigenvalue weighted by Gasteiger charge is -2.04. The predicted octanol–water partition coefficient (Wildman–Crippen LogP) is 4.41. The Kier molecular flexibility index (Phi) is 7.65. The van der Waals surface area contributed by atoms with E-state index in [0.29, 0.717) is 12.0 Å². The summed E-state index contributed by atoms with van der Waals surface area (Å²) >= 11 is 0. The van der Waals surface area contributed by atoms with Crippen molar-refractivity contribution in [2.24, 2.45) is 0 Å². The SMILES string of the molecule is CCCCCCCCCC(=O)c1cccc(S(C)(=O)=O)c1. The van der Waals surface area contributed by atoms with E-state index in [0.717, 1.165) is 19.1 Å². The van der Waals surface area contributed by atoms with E-state index in [4.69, 9.17) is 0 Å². The van der Waals surface area contributed by atoms with E-state index >= 15 is 0 Å². The highest BCUT2D eigenvalue weighted by Gasteiger charge is 2.11. The summed E-state index contributed by atoms with van der Waals surface area (Å²) in [5.74, 6) is 0.0362. The van der Waals surface area contributed by atoms with E-state index in [1.807, 2.05) is 0 Å². The molecule has 0 heterocycles. The maximum absolute atomic E-state index is 12.1. The van der Waals surface area contributed by atoms with Crippen molar-refractivity contribution in [2.75, 3.05) is 6.26 Å². The summed E-state index contributed by atoms with van der Waals surface area (Å²) < 4.78 is 23.0. The Morgan fingerprint density at radius 2 is 1.62 bits per heavy atom. The van der Waals surface area contributed by atoms with Gasteiger partial charge in [-0.15, -0.1) is 0 Å². The zero-order chi connectivity index (χ0) is 15.7. The Balaban J connectivity index is 2.39. The van der Waals surface area contributed by atoms with Crippen LogP contribution in [-0.2, 0) is 9.84 Å². The maximum Gasteiger partial charge on any atom is 0.175 e. The van der Waals surface area contributed by atoms with Gasteiger partial charge in [-0.05, 0) is 18.6 Å². The molecule has 21 heavy (non-hydrogen) atoms. The van der Waals surface area contributed by atoms with Crippen LogP contribution < -0.4 is 0 Å². The highest BCUT2D eigenvalue weighted by molar-refractivity contribution is 7.90. The number of unbranched alkanes of at least 4 members (excludes halogenated alkanes) is 6. The minimum Gasteiger partial charge on any atom is -0.294 e. The first kappa shape index (κ1) is 17.9. The molecule has 0 N–H and O–H groups in total. The largest absolute Gasteiger partial charge is 0.294 e. The van der Waals surface area contributed by atoms with Gasteiger partial charge < -0.3 is 0 Å². The molecule has 0 bridgehead atoms. The van der Waals surface area contributed by atoms with Gasteiger partial charge in [-0.25, -0.2) is 8.42 Å². The van der Waals surface area contributed by atoms with E-state index in [1.54, 1.807) is 12.1 Å². The van der Waals surface area contributed by atoms with Crippen LogP contribution in [0.5, 0.6) is 0 Å². The minimum absolute atomic E-state index is 0.0362. The molecule has 1 aromatic rings. The van der Waals surface area contributed by atoms with Gasteiger partial charge in [0.05, 0.1) is 4.90 Å². The third-order valence-corrected chi connectivity index (χ3v) is 4.70. The second kappa shape index (κ2) is 8.98. The van der Waals surface area contributed by atoms with Crippen LogP contribution in [0.2, 0.25) is 0 Å². The molecule has 1 aromatic carbocycles. The van der Waals surface area contributed by atoms with Gasteiger partial charge in [0, 0.05) is 18.2 Å². The molecule has 0 aliphatic carbocycles. The van der Waals surface area contributed by atoms with Crippen molar-refractivity contribution in [2.45, 2.75) is 63.2 Å². The van der Waals surface area contributed by atoms with Crippen LogP contribution >= 0.6 is 0 Å². The summed E-state index contributed by atoms with van der Waals surface area (Å²) in [6.07, 6.45) is 9.85. The van der Waals surface area contributed by atoms with Crippen molar-refractivity contribution in [3.8, 4) is 0 Å². The molecule has 0 atom stereocenters. The quantitative estimate of drug-likeness (QED) is 0.475. The van der Waals surface area contributed by atoms with E-state index in [-0.39, 0.29) is 10.7 Å². The smallest absolute Gasteiger partial charge is 0.175 e. The van der Waals surface area contributed by atoms with Crippen LogP contribution in [-0.4, -0.2) is 20.5 Å². The van der Waals surface area contributed by atoms with Crippen molar-refractivity contribution < 1.29 is 13.2 Å². The summed E-state index contributed by atoms with van der Waals surface area (Å²) in [4.78, 5) is 12.3. The van der Waals surface area contributed by atoms with E-state index in [2.05, 4.69) is 6.92 Å². The number of Topliss-reactive ketones (excluding diaryl/α,β-unsaturated/α-hetero) is 1. The fraction of sp³-hybridized carbons (Fsp3) is 0.588. The van der Waals surface area contributed by atoms with Gasteiger partial charge in [0.15, 0.2) is 15.6 Å². The molecule has 0 aliphatic heterocycles. The Morgan fingerprint density at radius 3 is 2.24 bits per heavy atom. The number of rotatable bonds is 10. The van der Waals surface area contributed by atoms with Gasteiger partial charge in [0.1, 0.15) is 0 Å². The van der Waals surface area contributed by atoms with Crippen LogP contribution in [0.3, 0.4) is 0 Å². The van der Waals surface area contributed by atoms with Crippen LogP contribution in [0.4, 0.5) is 0 Å². The molecule has 118 valence electrons. The zero-order valence-corrected chi connectivity index (χ0v) is 13.9. The summed E-state index contributed by atoms with van der Waals surface area (Å²) in [6.45, 7) is 2.20. The van der Waals surface area contributed by atoms with Gasteiger partial charge >= 0.3 is 0 Å². The van der Waals surface area contributed by atoms with Gasteiger partial charge in [-0.3, -0.25) is 4.79 Å². The molecule has 3 nitrogen and oxygen atoms in total. The molecule has 1 rings (SSSR count). The molecule has 4 heteroatoms. The molecule has 0 spiro atoms. The molecule has 0 unspecified atom stereocenters. The number of sulfone groups is 1. The summed E-state index contributed by atoms with van der Waals surface area (Å²) in [5.41, 5.74) is 0.504. The monoisotopic (exact) mass is 310 g/mol.